The third-order valence-electron chi connectivity index (χ3n) is 3.04. The lowest BCUT2D eigenvalue weighted by Gasteiger charge is -2.15. The Morgan fingerprint density at radius 2 is 2.19 bits per heavy atom. The van der Waals surface area contributed by atoms with Crippen LogP contribution in [0.5, 0.6) is 0 Å². The lowest BCUT2D eigenvalue weighted by atomic mass is 10.2. The first-order chi connectivity index (χ1) is 9.97. The second-order valence-electron chi connectivity index (χ2n) is 5.31. The molecule has 0 fully saturated rings. The number of nitrogens with zero attached hydrogens (tertiary/aromatic N) is 3. The van der Waals surface area contributed by atoms with Crippen LogP contribution in [-0.4, -0.2) is 33.0 Å². The number of thiazole rings is 1. The molecule has 2 aromatic heterocycles. The molecule has 112 valence electrons. The molecule has 0 saturated carbocycles. The highest BCUT2D eigenvalue weighted by molar-refractivity contribution is 7.09. The Labute approximate surface area is 128 Å². The fraction of sp³-hybridized carbons (Fsp3) is 0.400. The van der Waals surface area contributed by atoms with Crippen LogP contribution in [0.2, 0.25) is 0 Å². The summed E-state index contributed by atoms with van der Waals surface area (Å²) in [5.41, 5.74) is 1.84. The van der Waals surface area contributed by atoms with Crippen molar-refractivity contribution in [2.45, 2.75) is 32.9 Å². The van der Waals surface area contributed by atoms with Gasteiger partial charge in [0.1, 0.15) is 0 Å². The predicted molar refractivity (Wildman–Crippen MR) is 82.6 cm³/mol. The summed E-state index contributed by atoms with van der Waals surface area (Å²) in [4.78, 5) is 22.0. The van der Waals surface area contributed by atoms with Gasteiger partial charge < -0.3 is 5.11 Å². The van der Waals surface area contributed by atoms with E-state index in [0.717, 1.165) is 10.7 Å². The van der Waals surface area contributed by atoms with E-state index in [4.69, 9.17) is 5.11 Å². The van der Waals surface area contributed by atoms with Gasteiger partial charge in [0.25, 0.3) is 0 Å². The molecule has 0 spiro atoms. The van der Waals surface area contributed by atoms with Crippen molar-refractivity contribution < 1.29 is 9.90 Å². The molecule has 2 aromatic rings. The Hall–Kier alpha value is -1.79. The summed E-state index contributed by atoms with van der Waals surface area (Å²) in [5.74, 6) is -0.509. The number of carboxylic acids is 1. The van der Waals surface area contributed by atoms with Crippen molar-refractivity contribution in [1.29, 1.82) is 0 Å². The lowest BCUT2D eigenvalue weighted by molar-refractivity contribution is 0.0694. The number of pyridine rings is 1. The van der Waals surface area contributed by atoms with Crippen LogP contribution in [0.15, 0.2) is 23.7 Å². The molecule has 0 bridgehead atoms. The lowest BCUT2D eigenvalue weighted by Crippen LogP contribution is -2.20. The molecule has 5 nitrogen and oxygen atoms in total. The van der Waals surface area contributed by atoms with Gasteiger partial charge in [0.2, 0.25) is 0 Å². The Balaban J connectivity index is 2.04. The molecule has 2 heterocycles. The first kappa shape index (κ1) is 15.6. The van der Waals surface area contributed by atoms with Crippen LogP contribution in [0.3, 0.4) is 0 Å². The molecule has 0 amide bonds. The van der Waals surface area contributed by atoms with Gasteiger partial charge in [-0.05, 0) is 19.2 Å². The van der Waals surface area contributed by atoms with E-state index in [1.165, 1.54) is 0 Å². The molecule has 0 unspecified atom stereocenters. The maximum atomic E-state index is 11.2. The molecular weight excluding hydrogens is 286 g/mol. The molecule has 0 aliphatic carbocycles. The van der Waals surface area contributed by atoms with Crippen molar-refractivity contribution in [3.05, 3.63) is 45.7 Å². The fourth-order valence-electron chi connectivity index (χ4n) is 2.01. The van der Waals surface area contributed by atoms with E-state index in [9.17, 15) is 4.79 Å². The highest BCUT2D eigenvalue weighted by Crippen LogP contribution is 2.20. The third-order valence-corrected chi connectivity index (χ3v) is 4.23. The Kier molecular flexibility index (Phi) is 5.03. The van der Waals surface area contributed by atoms with Crippen molar-refractivity contribution in [3.8, 4) is 0 Å². The van der Waals surface area contributed by atoms with E-state index >= 15 is 0 Å². The molecule has 0 aliphatic heterocycles. The number of rotatable bonds is 6. The van der Waals surface area contributed by atoms with Gasteiger partial charge in [-0.1, -0.05) is 13.8 Å². The topological polar surface area (TPSA) is 66.3 Å². The zero-order chi connectivity index (χ0) is 15.4. The van der Waals surface area contributed by atoms with Crippen LogP contribution >= 0.6 is 11.3 Å². The van der Waals surface area contributed by atoms with Crippen molar-refractivity contribution in [2.75, 3.05) is 7.05 Å². The van der Waals surface area contributed by atoms with E-state index in [2.05, 4.69) is 29.2 Å². The van der Waals surface area contributed by atoms with E-state index in [1.54, 1.807) is 29.7 Å². The van der Waals surface area contributed by atoms with Gasteiger partial charge in [-0.15, -0.1) is 11.3 Å². The first-order valence-electron chi connectivity index (χ1n) is 6.77. The van der Waals surface area contributed by atoms with Gasteiger partial charge in [0.05, 0.1) is 22.0 Å². The largest absolute Gasteiger partial charge is 0.478 e. The average Bonchev–Trinajstić information content (AvgIpc) is 2.87. The van der Waals surface area contributed by atoms with Crippen LogP contribution < -0.4 is 0 Å². The van der Waals surface area contributed by atoms with Crippen LogP contribution in [0, 0.1) is 0 Å². The molecule has 0 saturated heterocycles. The van der Waals surface area contributed by atoms with E-state index in [1.807, 2.05) is 11.9 Å². The van der Waals surface area contributed by atoms with E-state index < -0.39 is 5.97 Å². The Morgan fingerprint density at radius 1 is 1.43 bits per heavy atom. The Morgan fingerprint density at radius 3 is 2.81 bits per heavy atom. The number of aromatic carboxylic acids is 1. The van der Waals surface area contributed by atoms with Crippen molar-refractivity contribution in [1.82, 2.24) is 14.9 Å². The SMILES string of the molecule is CC(C)c1nc(CN(C)Cc2ncccc2C(=O)O)cs1. The molecule has 0 aliphatic rings. The number of hydrogen-bond donors (Lipinski definition) is 1. The quantitative estimate of drug-likeness (QED) is 0.888. The van der Waals surface area contributed by atoms with Gasteiger partial charge >= 0.3 is 5.97 Å². The Bertz CT molecular complexity index is 625. The van der Waals surface area contributed by atoms with Crippen LogP contribution in [-0.2, 0) is 13.1 Å². The predicted octanol–water partition coefficient (Wildman–Crippen LogP) is 2.99. The monoisotopic (exact) mass is 305 g/mol. The van der Waals surface area contributed by atoms with Crippen molar-refractivity contribution in [2.24, 2.45) is 0 Å². The molecule has 0 radical (unpaired) electrons. The minimum Gasteiger partial charge on any atom is -0.478 e. The second-order valence-corrected chi connectivity index (χ2v) is 6.20. The third kappa shape index (κ3) is 4.09. The first-order valence-corrected chi connectivity index (χ1v) is 7.65. The van der Waals surface area contributed by atoms with E-state index in [-0.39, 0.29) is 5.56 Å². The summed E-state index contributed by atoms with van der Waals surface area (Å²) in [6.45, 7) is 5.41. The fourth-order valence-corrected chi connectivity index (χ4v) is 2.83. The van der Waals surface area contributed by atoms with Gasteiger partial charge in [0, 0.05) is 30.6 Å². The molecule has 0 aromatic carbocycles. The zero-order valence-corrected chi connectivity index (χ0v) is 13.2. The molecule has 1 N–H and O–H groups in total. The number of carbonyl (C=O) groups is 1. The summed E-state index contributed by atoms with van der Waals surface area (Å²) in [7, 11) is 1.94. The van der Waals surface area contributed by atoms with Crippen molar-refractivity contribution >= 4 is 17.3 Å². The highest BCUT2D eigenvalue weighted by atomic mass is 32.1. The maximum Gasteiger partial charge on any atom is 0.337 e. The number of carboxylic acid groups (broad SMARTS) is 1. The molecule has 21 heavy (non-hydrogen) atoms. The highest BCUT2D eigenvalue weighted by Gasteiger charge is 2.13. The second kappa shape index (κ2) is 6.78. The minimum atomic E-state index is -0.942. The summed E-state index contributed by atoms with van der Waals surface area (Å²) < 4.78 is 0. The smallest absolute Gasteiger partial charge is 0.337 e. The van der Waals surface area contributed by atoms with Crippen LogP contribution in [0.4, 0.5) is 0 Å². The van der Waals surface area contributed by atoms with Gasteiger partial charge in [-0.25, -0.2) is 9.78 Å². The standard InChI is InChI=1S/C15H19N3O2S/c1-10(2)14-17-11(9-21-14)7-18(3)8-13-12(15(19)20)5-4-6-16-13/h4-6,9-10H,7-8H2,1-3H3,(H,19,20). The molecular formula is C15H19N3O2S. The number of aromatic nitrogens is 2. The van der Waals surface area contributed by atoms with Gasteiger partial charge in [-0.3, -0.25) is 9.88 Å². The zero-order valence-electron chi connectivity index (χ0n) is 12.4. The van der Waals surface area contributed by atoms with Crippen molar-refractivity contribution in [3.63, 3.8) is 0 Å². The molecule has 6 heteroatoms. The van der Waals surface area contributed by atoms with Crippen LogP contribution in [0.1, 0.15) is 46.5 Å². The van der Waals surface area contributed by atoms with Gasteiger partial charge in [-0.2, -0.15) is 0 Å². The minimum absolute atomic E-state index is 0.255. The molecule has 2 rings (SSSR count). The van der Waals surface area contributed by atoms with E-state index in [0.29, 0.717) is 24.7 Å². The van der Waals surface area contributed by atoms with Crippen LogP contribution in [0.25, 0.3) is 0 Å². The average molecular weight is 305 g/mol. The summed E-state index contributed by atoms with van der Waals surface area (Å²) in [5, 5.41) is 12.3. The maximum absolute atomic E-state index is 11.2. The van der Waals surface area contributed by atoms with Gasteiger partial charge in [0.15, 0.2) is 0 Å². The summed E-state index contributed by atoms with van der Waals surface area (Å²) in [6, 6.07) is 3.22. The summed E-state index contributed by atoms with van der Waals surface area (Å²) >= 11 is 1.67. The normalized spacial score (nSPS) is 11.3. The summed E-state index contributed by atoms with van der Waals surface area (Å²) in [6.07, 6.45) is 1.62. The molecule has 0 atom stereocenters. The number of hydrogen-bond acceptors (Lipinski definition) is 5.